The third-order valence-corrected chi connectivity index (χ3v) is 4.57. The third kappa shape index (κ3) is 4.95. The molecule has 2 amide bonds. The molecule has 132 valence electrons. The molecule has 1 aromatic carbocycles. The van der Waals surface area contributed by atoms with E-state index in [0.717, 1.165) is 13.1 Å². The summed E-state index contributed by atoms with van der Waals surface area (Å²) in [5, 5.41) is 3.28. The molecule has 1 aliphatic rings. The Morgan fingerprint density at radius 2 is 1.79 bits per heavy atom. The van der Waals surface area contributed by atoms with Gasteiger partial charge in [0.15, 0.2) is 0 Å². The summed E-state index contributed by atoms with van der Waals surface area (Å²) in [4.78, 5) is 29.4. The van der Waals surface area contributed by atoms with E-state index in [4.69, 9.17) is 11.6 Å². The van der Waals surface area contributed by atoms with Crippen LogP contribution in [0.3, 0.4) is 0 Å². The smallest absolute Gasteiger partial charge is 0.253 e. The van der Waals surface area contributed by atoms with Crippen LogP contribution < -0.4 is 5.32 Å². The lowest BCUT2D eigenvalue weighted by molar-refractivity contribution is -0.135. The van der Waals surface area contributed by atoms with Gasteiger partial charge in [-0.15, -0.1) is 0 Å². The Morgan fingerprint density at radius 3 is 2.38 bits per heavy atom. The number of piperazine rings is 1. The number of benzene rings is 1. The number of carbonyl (C=O) groups is 2. The van der Waals surface area contributed by atoms with Crippen molar-refractivity contribution in [2.75, 3.05) is 33.2 Å². The van der Waals surface area contributed by atoms with Crippen molar-refractivity contribution < 1.29 is 9.59 Å². The van der Waals surface area contributed by atoms with E-state index < -0.39 is 6.04 Å². The van der Waals surface area contributed by atoms with Gasteiger partial charge >= 0.3 is 0 Å². The molecule has 0 unspecified atom stereocenters. The average molecular weight is 352 g/mol. The van der Waals surface area contributed by atoms with Gasteiger partial charge in [0.2, 0.25) is 5.91 Å². The van der Waals surface area contributed by atoms with Crippen molar-refractivity contribution in [3.8, 4) is 0 Å². The van der Waals surface area contributed by atoms with Gasteiger partial charge in [0.25, 0.3) is 5.91 Å². The minimum absolute atomic E-state index is 0.00259. The second-order valence-corrected chi connectivity index (χ2v) is 7.17. The van der Waals surface area contributed by atoms with Gasteiger partial charge in [0, 0.05) is 26.2 Å². The summed E-state index contributed by atoms with van der Waals surface area (Å²) in [6.45, 7) is 7.22. The van der Waals surface area contributed by atoms with Crippen LogP contribution in [0.4, 0.5) is 0 Å². The fraction of sp³-hybridized carbons (Fsp3) is 0.556. The van der Waals surface area contributed by atoms with Gasteiger partial charge in [-0.05, 0) is 31.5 Å². The number of nitrogens with one attached hydrogen (secondary N) is 1. The van der Waals surface area contributed by atoms with Crippen LogP contribution in [0.15, 0.2) is 24.3 Å². The Bertz CT molecular complexity index is 583. The maximum atomic E-state index is 12.9. The lowest BCUT2D eigenvalue weighted by Gasteiger charge is -2.35. The fourth-order valence-corrected chi connectivity index (χ4v) is 3.04. The number of hydrogen-bond acceptors (Lipinski definition) is 3. The van der Waals surface area contributed by atoms with Crippen molar-refractivity contribution in [2.24, 2.45) is 5.92 Å². The first-order valence-electron chi connectivity index (χ1n) is 8.41. The van der Waals surface area contributed by atoms with E-state index in [1.54, 1.807) is 24.3 Å². The topological polar surface area (TPSA) is 52.7 Å². The molecular formula is C18H26ClN3O2. The molecule has 0 aromatic heterocycles. The predicted octanol–water partition coefficient (Wildman–Crippen LogP) is 2.26. The monoisotopic (exact) mass is 351 g/mol. The average Bonchev–Trinajstić information content (AvgIpc) is 2.54. The highest BCUT2D eigenvalue weighted by Crippen LogP contribution is 2.16. The molecular weight excluding hydrogens is 326 g/mol. The highest BCUT2D eigenvalue weighted by molar-refractivity contribution is 6.33. The normalized spacial score (nSPS) is 17.0. The van der Waals surface area contributed by atoms with Crippen LogP contribution in [0, 0.1) is 5.92 Å². The molecule has 0 saturated carbocycles. The minimum Gasteiger partial charge on any atom is -0.340 e. The van der Waals surface area contributed by atoms with Crippen molar-refractivity contribution in [1.29, 1.82) is 0 Å². The summed E-state index contributed by atoms with van der Waals surface area (Å²) in [5.41, 5.74) is 0.402. The Balaban J connectivity index is 2.09. The predicted molar refractivity (Wildman–Crippen MR) is 96.2 cm³/mol. The first-order chi connectivity index (χ1) is 11.4. The Morgan fingerprint density at radius 1 is 1.17 bits per heavy atom. The van der Waals surface area contributed by atoms with Crippen LogP contribution >= 0.6 is 11.6 Å². The number of nitrogens with zero attached hydrogens (tertiary/aromatic N) is 2. The van der Waals surface area contributed by atoms with Crippen LogP contribution in [-0.4, -0.2) is 60.9 Å². The van der Waals surface area contributed by atoms with Gasteiger partial charge < -0.3 is 15.1 Å². The molecule has 1 heterocycles. The van der Waals surface area contributed by atoms with E-state index in [1.807, 2.05) is 25.8 Å². The standard InChI is InChI=1S/C18H26ClN3O2/c1-13(2)12-16(18(24)22-10-8-21(3)9-11-22)20-17(23)14-6-4-5-7-15(14)19/h4-7,13,16H,8-12H2,1-3H3,(H,20,23)/t16-/m0/s1. The highest BCUT2D eigenvalue weighted by atomic mass is 35.5. The van der Waals surface area contributed by atoms with Gasteiger partial charge in [0.1, 0.15) is 6.04 Å². The first-order valence-corrected chi connectivity index (χ1v) is 8.79. The van der Waals surface area contributed by atoms with Gasteiger partial charge in [0.05, 0.1) is 10.6 Å². The summed E-state index contributed by atoms with van der Waals surface area (Å²) >= 11 is 6.09. The molecule has 2 rings (SSSR count). The molecule has 1 atom stereocenters. The zero-order chi connectivity index (χ0) is 17.7. The third-order valence-electron chi connectivity index (χ3n) is 4.24. The highest BCUT2D eigenvalue weighted by Gasteiger charge is 2.29. The second kappa shape index (κ2) is 8.49. The maximum absolute atomic E-state index is 12.9. The van der Waals surface area contributed by atoms with Gasteiger partial charge in [-0.1, -0.05) is 37.6 Å². The molecule has 1 aromatic rings. The number of halogens is 1. The first kappa shape index (κ1) is 18.7. The van der Waals surface area contributed by atoms with E-state index in [1.165, 1.54) is 0 Å². The Labute approximate surface area is 149 Å². The quantitative estimate of drug-likeness (QED) is 0.885. The molecule has 6 heteroatoms. The number of carbonyl (C=O) groups excluding carboxylic acids is 2. The van der Waals surface area contributed by atoms with E-state index in [9.17, 15) is 9.59 Å². The molecule has 1 fully saturated rings. The van der Waals surface area contributed by atoms with E-state index in [0.29, 0.717) is 36.0 Å². The summed E-state index contributed by atoms with van der Waals surface area (Å²) in [5.74, 6) is 0.00360. The SMILES string of the molecule is CC(C)C[C@H](NC(=O)c1ccccc1Cl)C(=O)N1CCN(C)CC1. The Hall–Kier alpha value is -1.59. The zero-order valence-corrected chi connectivity index (χ0v) is 15.3. The van der Waals surface area contributed by atoms with Crippen LogP contribution in [0.1, 0.15) is 30.6 Å². The van der Waals surface area contributed by atoms with Gasteiger partial charge in [-0.25, -0.2) is 0 Å². The van der Waals surface area contributed by atoms with Crippen molar-refractivity contribution in [2.45, 2.75) is 26.3 Å². The van der Waals surface area contributed by atoms with Crippen molar-refractivity contribution in [1.82, 2.24) is 15.1 Å². The molecule has 1 saturated heterocycles. The number of likely N-dealkylation sites (N-methyl/N-ethyl adjacent to an activating group) is 1. The molecule has 0 aliphatic carbocycles. The fourth-order valence-electron chi connectivity index (χ4n) is 2.82. The molecule has 24 heavy (non-hydrogen) atoms. The van der Waals surface area contributed by atoms with Gasteiger partial charge in [-0.3, -0.25) is 9.59 Å². The number of rotatable bonds is 5. The van der Waals surface area contributed by atoms with E-state index >= 15 is 0 Å². The number of hydrogen-bond donors (Lipinski definition) is 1. The van der Waals surface area contributed by atoms with Crippen molar-refractivity contribution >= 4 is 23.4 Å². The minimum atomic E-state index is -0.517. The lowest BCUT2D eigenvalue weighted by Crippen LogP contribution is -2.54. The van der Waals surface area contributed by atoms with Crippen LogP contribution in [-0.2, 0) is 4.79 Å². The van der Waals surface area contributed by atoms with Crippen LogP contribution in [0.25, 0.3) is 0 Å². The molecule has 1 aliphatic heterocycles. The second-order valence-electron chi connectivity index (χ2n) is 6.76. The van der Waals surface area contributed by atoms with Crippen LogP contribution in [0.5, 0.6) is 0 Å². The summed E-state index contributed by atoms with van der Waals surface area (Å²) < 4.78 is 0. The maximum Gasteiger partial charge on any atom is 0.253 e. The van der Waals surface area contributed by atoms with Crippen molar-refractivity contribution in [3.05, 3.63) is 34.9 Å². The molecule has 1 N–H and O–H groups in total. The lowest BCUT2D eigenvalue weighted by atomic mass is 10.0. The van der Waals surface area contributed by atoms with E-state index in [-0.39, 0.29) is 11.8 Å². The van der Waals surface area contributed by atoms with Gasteiger partial charge in [-0.2, -0.15) is 0 Å². The largest absolute Gasteiger partial charge is 0.340 e. The molecule has 0 radical (unpaired) electrons. The van der Waals surface area contributed by atoms with Crippen LogP contribution in [0.2, 0.25) is 5.02 Å². The number of amides is 2. The molecule has 0 bridgehead atoms. The summed E-state index contributed by atoms with van der Waals surface area (Å²) in [6.07, 6.45) is 0.612. The van der Waals surface area contributed by atoms with Crippen molar-refractivity contribution in [3.63, 3.8) is 0 Å². The zero-order valence-electron chi connectivity index (χ0n) is 14.6. The Kier molecular flexibility index (Phi) is 6.63. The summed E-state index contributed by atoms with van der Waals surface area (Å²) in [7, 11) is 2.05. The van der Waals surface area contributed by atoms with E-state index in [2.05, 4.69) is 10.2 Å². The molecule has 0 spiro atoms. The molecule has 5 nitrogen and oxygen atoms in total. The summed E-state index contributed by atoms with van der Waals surface area (Å²) in [6, 6.07) is 6.37.